The van der Waals surface area contributed by atoms with Gasteiger partial charge in [-0.15, -0.1) is 0 Å². The molecule has 0 spiro atoms. The first-order valence-corrected chi connectivity index (χ1v) is 4.06. The fraction of sp³-hybridized carbons (Fsp3) is 0.250. The van der Waals surface area contributed by atoms with E-state index in [0.717, 1.165) is 6.20 Å². The van der Waals surface area contributed by atoms with Crippen molar-refractivity contribution in [1.29, 1.82) is 0 Å². The Hall–Kier alpha value is -1.23. The smallest absolute Gasteiger partial charge is 0.271 e. The summed E-state index contributed by atoms with van der Waals surface area (Å²) in [4.78, 5) is 14.2. The molecule has 0 fully saturated rings. The van der Waals surface area contributed by atoms with Gasteiger partial charge in [0.2, 0.25) is 0 Å². The molecular weight excluding hydrogens is 214 g/mol. The van der Waals surface area contributed by atoms with Gasteiger partial charge in [-0.25, -0.2) is 13.8 Å². The third-order valence-corrected chi connectivity index (χ3v) is 2.01. The standard InChI is InChI=1S/C8H7ClF2N2O/c1-3-4(12)2-13-6(7(9)14)5(3)8(10)11/h2,8H,12H2,1H3. The number of aromatic nitrogens is 1. The number of nitrogens with zero attached hydrogens (tertiary/aromatic N) is 1. The number of hydrogen-bond acceptors (Lipinski definition) is 3. The van der Waals surface area contributed by atoms with Crippen molar-refractivity contribution >= 4 is 22.5 Å². The molecular formula is C8H7ClF2N2O. The molecule has 2 N–H and O–H groups in total. The summed E-state index contributed by atoms with van der Waals surface area (Å²) in [5.41, 5.74) is 4.70. The minimum Gasteiger partial charge on any atom is -0.397 e. The first-order valence-electron chi connectivity index (χ1n) is 3.68. The lowest BCUT2D eigenvalue weighted by molar-refractivity contribution is 0.106. The molecule has 0 amide bonds. The Bertz CT molecular complexity index is 382. The number of carbonyl (C=O) groups is 1. The molecule has 0 saturated heterocycles. The first-order chi connectivity index (χ1) is 6.45. The lowest BCUT2D eigenvalue weighted by Crippen LogP contribution is -2.07. The van der Waals surface area contributed by atoms with Crippen LogP contribution < -0.4 is 5.73 Å². The highest BCUT2D eigenvalue weighted by atomic mass is 35.5. The number of hydrogen-bond donors (Lipinski definition) is 1. The number of pyridine rings is 1. The number of anilines is 1. The average Bonchev–Trinajstić information content (AvgIpc) is 2.08. The minimum absolute atomic E-state index is 0.113. The maximum absolute atomic E-state index is 12.5. The summed E-state index contributed by atoms with van der Waals surface area (Å²) in [5, 5.41) is -1.01. The quantitative estimate of drug-likeness (QED) is 0.778. The highest BCUT2D eigenvalue weighted by molar-refractivity contribution is 6.67. The number of carbonyl (C=O) groups excluding carboxylic acids is 1. The van der Waals surface area contributed by atoms with Gasteiger partial charge in [0.15, 0.2) is 0 Å². The van der Waals surface area contributed by atoms with Crippen LogP contribution in [0.3, 0.4) is 0 Å². The van der Waals surface area contributed by atoms with Gasteiger partial charge in [0.25, 0.3) is 11.7 Å². The second-order valence-electron chi connectivity index (χ2n) is 2.68. The third kappa shape index (κ3) is 1.82. The molecule has 0 aliphatic heterocycles. The van der Waals surface area contributed by atoms with Crippen molar-refractivity contribution in [2.24, 2.45) is 0 Å². The van der Waals surface area contributed by atoms with Gasteiger partial charge < -0.3 is 5.73 Å². The van der Waals surface area contributed by atoms with E-state index in [4.69, 9.17) is 17.3 Å². The van der Waals surface area contributed by atoms with Gasteiger partial charge in [-0.2, -0.15) is 0 Å². The molecule has 0 saturated carbocycles. The first kappa shape index (κ1) is 10.8. The van der Waals surface area contributed by atoms with Crippen LogP contribution in [0.4, 0.5) is 14.5 Å². The van der Waals surface area contributed by atoms with Crippen LogP contribution in [-0.2, 0) is 0 Å². The molecule has 1 heterocycles. The van der Waals surface area contributed by atoms with Crippen LogP contribution in [0.2, 0.25) is 0 Å². The fourth-order valence-electron chi connectivity index (χ4n) is 1.06. The Morgan fingerprint density at radius 2 is 2.21 bits per heavy atom. The second-order valence-corrected chi connectivity index (χ2v) is 3.02. The molecule has 0 aliphatic rings. The summed E-state index contributed by atoms with van der Waals surface area (Å²) < 4.78 is 25.0. The SMILES string of the molecule is Cc1c(N)cnc(C(=O)Cl)c1C(F)F. The van der Waals surface area contributed by atoms with E-state index in [1.807, 2.05) is 0 Å². The molecule has 0 atom stereocenters. The van der Waals surface area contributed by atoms with Crippen LogP contribution in [0.1, 0.15) is 28.0 Å². The van der Waals surface area contributed by atoms with Gasteiger partial charge in [-0.1, -0.05) is 0 Å². The molecule has 1 aromatic rings. The number of rotatable bonds is 2. The van der Waals surface area contributed by atoms with E-state index in [0.29, 0.717) is 0 Å². The average molecular weight is 221 g/mol. The van der Waals surface area contributed by atoms with E-state index in [9.17, 15) is 13.6 Å². The monoisotopic (exact) mass is 220 g/mol. The Kier molecular flexibility index (Phi) is 3.00. The number of halogens is 3. The van der Waals surface area contributed by atoms with E-state index in [1.54, 1.807) is 0 Å². The number of alkyl halides is 2. The van der Waals surface area contributed by atoms with E-state index < -0.39 is 22.9 Å². The normalized spacial score (nSPS) is 10.6. The van der Waals surface area contributed by atoms with E-state index in [1.165, 1.54) is 6.92 Å². The van der Waals surface area contributed by atoms with Gasteiger partial charge >= 0.3 is 0 Å². The zero-order chi connectivity index (χ0) is 10.9. The van der Waals surface area contributed by atoms with Crippen molar-refractivity contribution in [3.63, 3.8) is 0 Å². The molecule has 0 aromatic carbocycles. The molecule has 0 unspecified atom stereocenters. The summed E-state index contributed by atoms with van der Waals surface area (Å²) in [7, 11) is 0. The van der Waals surface area contributed by atoms with Gasteiger partial charge in [-0.05, 0) is 24.1 Å². The zero-order valence-corrected chi connectivity index (χ0v) is 7.98. The molecule has 1 aromatic heterocycles. The molecule has 1 rings (SSSR count). The summed E-state index contributed by atoms with van der Waals surface area (Å²) in [6, 6.07) is 0. The number of nitrogens with two attached hydrogens (primary N) is 1. The predicted octanol–water partition coefficient (Wildman–Crippen LogP) is 2.29. The Balaban J connectivity index is 3.45. The molecule has 0 aliphatic carbocycles. The maximum Gasteiger partial charge on any atom is 0.271 e. The van der Waals surface area contributed by atoms with E-state index in [-0.39, 0.29) is 11.3 Å². The van der Waals surface area contributed by atoms with Gasteiger partial charge in [0.05, 0.1) is 17.4 Å². The van der Waals surface area contributed by atoms with Crippen LogP contribution in [0.15, 0.2) is 6.20 Å². The highest BCUT2D eigenvalue weighted by Crippen LogP contribution is 2.29. The number of nitrogen functional groups attached to an aromatic ring is 1. The predicted molar refractivity (Wildman–Crippen MR) is 48.5 cm³/mol. The zero-order valence-electron chi connectivity index (χ0n) is 7.22. The molecule has 0 bridgehead atoms. The van der Waals surface area contributed by atoms with Crippen molar-refractivity contribution in [3.05, 3.63) is 23.0 Å². The third-order valence-electron chi connectivity index (χ3n) is 1.83. The van der Waals surface area contributed by atoms with Crippen molar-refractivity contribution in [3.8, 4) is 0 Å². The fourth-order valence-corrected chi connectivity index (χ4v) is 1.21. The van der Waals surface area contributed by atoms with Crippen molar-refractivity contribution in [1.82, 2.24) is 4.98 Å². The van der Waals surface area contributed by atoms with Crippen LogP contribution >= 0.6 is 11.6 Å². The lowest BCUT2D eigenvalue weighted by Gasteiger charge is -2.09. The molecule has 76 valence electrons. The van der Waals surface area contributed by atoms with Gasteiger partial charge in [0.1, 0.15) is 5.69 Å². The summed E-state index contributed by atoms with van der Waals surface area (Å²) in [6.45, 7) is 1.39. The second kappa shape index (κ2) is 3.88. The summed E-state index contributed by atoms with van der Waals surface area (Å²) in [5.74, 6) is 0. The largest absolute Gasteiger partial charge is 0.397 e. The Morgan fingerprint density at radius 3 is 2.64 bits per heavy atom. The molecule has 3 nitrogen and oxygen atoms in total. The van der Waals surface area contributed by atoms with Crippen LogP contribution in [0.5, 0.6) is 0 Å². The van der Waals surface area contributed by atoms with E-state index in [2.05, 4.69) is 4.98 Å². The molecule has 14 heavy (non-hydrogen) atoms. The van der Waals surface area contributed by atoms with Crippen molar-refractivity contribution in [2.75, 3.05) is 5.73 Å². The van der Waals surface area contributed by atoms with Crippen LogP contribution in [0.25, 0.3) is 0 Å². The van der Waals surface area contributed by atoms with Crippen molar-refractivity contribution < 1.29 is 13.6 Å². The highest BCUT2D eigenvalue weighted by Gasteiger charge is 2.22. The van der Waals surface area contributed by atoms with Crippen LogP contribution in [-0.4, -0.2) is 10.2 Å². The Labute approximate surface area is 83.9 Å². The van der Waals surface area contributed by atoms with Crippen molar-refractivity contribution in [2.45, 2.75) is 13.3 Å². The molecule has 0 radical (unpaired) electrons. The molecule has 6 heteroatoms. The van der Waals surface area contributed by atoms with E-state index >= 15 is 0 Å². The van der Waals surface area contributed by atoms with Gasteiger partial charge in [-0.3, -0.25) is 4.79 Å². The maximum atomic E-state index is 12.5. The lowest BCUT2D eigenvalue weighted by atomic mass is 10.1. The van der Waals surface area contributed by atoms with Gasteiger partial charge in [0, 0.05) is 0 Å². The topological polar surface area (TPSA) is 56.0 Å². The van der Waals surface area contributed by atoms with Crippen LogP contribution in [0, 0.1) is 6.92 Å². The summed E-state index contributed by atoms with van der Waals surface area (Å²) in [6.07, 6.45) is -1.68. The Morgan fingerprint density at radius 1 is 1.64 bits per heavy atom. The summed E-state index contributed by atoms with van der Waals surface area (Å²) >= 11 is 5.10. The minimum atomic E-state index is -2.82.